The molecule has 2 nitrogen and oxygen atoms in total. The van der Waals surface area contributed by atoms with Crippen LogP contribution in [-0.2, 0) is 0 Å². The van der Waals surface area contributed by atoms with Crippen molar-refractivity contribution < 1.29 is 5.11 Å². The Balaban J connectivity index is 2.38. The van der Waals surface area contributed by atoms with Gasteiger partial charge in [-0.25, -0.2) is 0 Å². The van der Waals surface area contributed by atoms with E-state index in [9.17, 15) is 5.11 Å². The molecular formula is C13H27NO. The Morgan fingerprint density at radius 1 is 1.47 bits per heavy atom. The normalized spacial score (nSPS) is 32.2. The lowest BCUT2D eigenvalue weighted by molar-refractivity contribution is -0.0229. The molecule has 90 valence electrons. The van der Waals surface area contributed by atoms with Crippen molar-refractivity contribution in [3.63, 3.8) is 0 Å². The van der Waals surface area contributed by atoms with Crippen molar-refractivity contribution in [1.82, 2.24) is 5.32 Å². The molecule has 1 fully saturated rings. The molecule has 1 rings (SSSR count). The Morgan fingerprint density at radius 3 is 2.80 bits per heavy atom. The minimum atomic E-state index is -0.428. The minimum absolute atomic E-state index is 0.428. The van der Waals surface area contributed by atoms with Gasteiger partial charge >= 0.3 is 0 Å². The molecule has 0 aromatic carbocycles. The first kappa shape index (κ1) is 13.0. The second kappa shape index (κ2) is 5.86. The van der Waals surface area contributed by atoms with Gasteiger partial charge in [0.25, 0.3) is 0 Å². The average Bonchev–Trinajstić information content (AvgIpc) is 2.18. The van der Waals surface area contributed by atoms with Crippen molar-refractivity contribution >= 4 is 0 Å². The fourth-order valence-corrected chi connectivity index (χ4v) is 2.61. The predicted molar refractivity (Wildman–Crippen MR) is 64.9 cm³/mol. The summed E-state index contributed by atoms with van der Waals surface area (Å²) in [5.41, 5.74) is -0.428. The Labute approximate surface area is 94.5 Å². The SMILES string of the molecule is CCCNCC1(O)CCCC(C(C)C)C1. The molecule has 0 heterocycles. The van der Waals surface area contributed by atoms with E-state index in [1.807, 2.05) is 0 Å². The maximum atomic E-state index is 10.5. The van der Waals surface area contributed by atoms with Crippen LogP contribution >= 0.6 is 0 Å². The Bertz CT molecular complexity index is 181. The molecule has 0 amide bonds. The highest BCUT2D eigenvalue weighted by molar-refractivity contribution is 4.88. The highest BCUT2D eigenvalue weighted by Gasteiger charge is 2.34. The molecule has 1 aliphatic carbocycles. The summed E-state index contributed by atoms with van der Waals surface area (Å²) in [4.78, 5) is 0. The summed E-state index contributed by atoms with van der Waals surface area (Å²) < 4.78 is 0. The first-order chi connectivity index (χ1) is 7.07. The molecule has 0 radical (unpaired) electrons. The van der Waals surface area contributed by atoms with E-state index >= 15 is 0 Å². The van der Waals surface area contributed by atoms with Crippen LogP contribution in [0.2, 0.25) is 0 Å². The van der Waals surface area contributed by atoms with Crippen LogP contribution in [0.1, 0.15) is 52.9 Å². The van der Waals surface area contributed by atoms with Gasteiger partial charge in [0.15, 0.2) is 0 Å². The standard InChI is InChI=1S/C13H27NO/c1-4-8-14-10-13(15)7-5-6-12(9-13)11(2)3/h11-12,14-15H,4-10H2,1-3H3. The highest BCUT2D eigenvalue weighted by Crippen LogP contribution is 2.35. The Morgan fingerprint density at radius 2 is 2.20 bits per heavy atom. The van der Waals surface area contributed by atoms with Crippen LogP contribution in [0.15, 0.2) is 0 Å². The maximum absolute atomic E-state index is 10.5. The smallest absolute Gasteiger partial charge is 0.0774 e. The van der Waals surface area contributed by atoms with Gasteiger partial charge in [0.1, 0.15) is 0 Å². The minimum Gasteiger partial charge on any atom is -0.389 e. The summed E-state index contributed by atoms with van der Waals surface area (Å²) in [6.45, 7) is 8.51. The lowest BCUT2D eigenvalue weighted by Gasteiger charge is -2.38. The highest BCUT2D eigenvalue weighted by atomic mass is 16.3. The zero-order valence-corrected chi connectivity index (χ0v) is 10.6. The Hall–Kier alpha value is -0.0800. The number of hydrogen-bond donors (Lipinski definition) is 2. The number of hydrogen-bond acceptors (Lipinski definition) is 2. The number of rotatable bonds is 5. The van der Waals surface area contributed by atoms with Gasteiger partial charge in [-0.3, -0.25) is 0 Å². The van der Waals surface area contributed by atoms with E-state index in [0.717, 1.165) is 32.4 Å². The number of aliphatic hydroxyl groups is 1. The van der Waals surface area contributed by atoms with E-state index in [-0.39, 0.29) is 0 Å². The molecule has 2 unspecified atom stereocenters. The summed E-state index contributed by atoms with van der Waals surface area (Å²) in [5, 5.41) is 13.8. The lowest BCUT2D eigenvalue weighted by Crippen LogP contribution is -2.45. The zero-order chi connectivity index (χ0) is 11.3. The van der Waals surface area contributed by atoms with Crippen LogP contribution in [0, 0.1) is 11.8 Å². The molecule has 0 aliphatic heterocycles. The van der Waals surface area contributed by atoms with Crippen molar-refractivity contribution in [2.24, 2.45) is 11.8 Å². The van der Waals surface area contributed by atoms with E-state index < -0.39 is 5.60 Å². The molecule has 1 saturated carbocycles. The predicted octanol–water partition coefficient (Wildman–Crippen LogP) is 2.56. The Kier molecular flexibility index (Phi) is 5.07. The van der Waals surface area contributed by atoms with Crippen molar-refractivity contribution in [1.29, 1.82) is 0 Å². The molecule has 0 saturated heterocycles. The van der Waals surface area contributed by atoms with Gasteiger partial charge in [-0.2, -0.15) is 0 Å². The zero-order valence-electron chi connectivity index (χ0n) is 10.6. The molecule has 2 N–H and O–H groups in total. The summed E-state index contributed by atoms with van der Waals surface area (Å²) in [6.07, 6.45) is 5.60. The van der Waals surface area contributed by atoms with Gasteiger partial charge in [0.05, 0.1) is 5.60 Å². The van der Waals surface area contributed by atoms with Crippen LogP contribution in [0.4, 0.5) is 0 Å². The molecule has 0 spiro atoms. The fourth-order valence-electron chi connectivity index (χ4n) is 2.61. The van der Waals surface area contributed by atoms with Gasteiger partial charge in [-0.05, 0) is 44.1 Å². The van der Waals surface area contributed by atoms with Crippen LogP contribution in [0.25, 0.3) is 0 Å². The van der Waals surface area contributed by atoms with Crippen LogP contribution in [-0.4, -0.2) is 23.8 Å². The van der Waals surface area contributed by atoms with Gasteiger partial charge in [0, 0.05) is 6.54 Å². The van der Waals surface area contributed by atoms with Crippen LogP contribution in [0.5, 0.6) is 0 Å². The fraction of sp³-hybridized carbons (Fsp3) is 1.00. The molecule has 0 bridgehead atoms. The van der Waals surface area contributed by atoms with E-state index in [0.29, 0.717) is 11.8 Å². The molecule has 2 heteroatoms. The lowest BCUT2D eigenvalue weighted by atomic mass is 9.73. The van der Waals surface area contributed by atoms with Crippen molar-refractivity contribution in [3.05, 3.63) is 0 Å². The monoisotopic (exact) mass is 213 g/mol. The van der Waals surface area contributed by atoms with Gasteiger partial charge in [0.2, 0.25) is 0 Å². The second-order valence-corrected chi connectivity index (χ2v) is 5.50. The van der Waals surface area contributed by atoms with E-state index in [1.165, 1.54) is 12.8 Å². The summed E-state index contributed by atoms with van der Waals surface area (Å²) in [6, 6.07) is 0. The van der Waals surface area contributed by atoms with Crippen molar-refractivity contribution in [2.45, 2.75) is 58.5 Å². The maximum Gasteiger partial charge on any atom is 0.0774 e. The quantitative estimate of drug-likeness (QED) is 0.688. The van der Waals surface area contributed by atoms with E-state index in [1.54, 1.807) is 0 Å². The third kappa shape index (κ3) is 4.12. The summed E-state index contributed by atoms with van der Waals surface area (Å²) in [7, 11) is 0. The molecule has 15 heavy (non-hydrogen) atoms. The molecule has 2 atom stereocenters. The van der Waals surface area contributed by atoms with Crippen molar-refractivity contribution in [2.75, 3.05) is 13.1 Å². The molecule has 1 aliphatic rings. The van der Waals surface area contributed by atoms with Gasteiger partial charge in [-0.15, -0.1) is 0 Å². The number of nitrogens with one attached hydrogen (secondary N) is 1. The van der Waals surface area contributed by atoms with Crippen LogP contribution in [0.3, 0.4) is 0 Å². The first-order valence-electron chi connectivity index (χ1n) is 6.50. The van der Waals surface area contributed by atoms with Crippen molar-refractivity contribution in [3.8, 4) is 0 Å². The molecule has 0 aromatic rings. The van der Waals surface area contributed by atoms with Gasteiger partial charge < -0.3 is 10.4 Å². The first-order valence-corrected chi connectivity index (χ1v) is 6.50. The van der Waals surface area contributed by atoms with E-state index in [4.69, 9.17) is 0 Å². The average molecular weight is 213 g/mol. The molecule has 0 aromatic heterocycles. The largest absolute Gasteiger partial charge is 0.389 e. The second-order valence-electron chi connectivity index (χ2n) is 5.50. The third-order valence-electron chi connectivity index (χ3n) is 3.68. The van der Waals surface area contributed by atoms with Crippen LogP contribution < -0.4 is 5.32 Å². The topological polar surface area (TPSA) is 32.3 Å². The molecular weight excluding hydrogens is 186 g/mol. The summed E-state index contributed by atoms with van der Waals surface area (Å²) in [5.74, 6) is 1.43. The van der Waals surface area contributed by atoms with E-state index in [2.05, 4.69) is 26.1 Å². The van der Waals surface area contributed by atoms with Gasteiger partial charge in [-0.1, -0.05) is 27.2 Å². The summed E-state index contributed by atoms with van der Waals surface area (Å²) >= 11 is 0. The third-order valence-corrected chi connectivity index (χ3v) is 3.68.